The summed E-state index contributed by atoms with van der Waals surface area (Å²) < 4.78 is 57.7. The number of Topliss-reactive ketones (excluding diaryl/α,β-unsaturated/α-hetero) is 1. The molecule has 0 aliphatic carbocycles. The van der Waals surface area contributed by atoms with E-state index in [1.807, 2.05) is 58.0 Å². The van der Waals surface area contributed by atoms with E-state index in [2.05, 4.69) is 6.92 Å². The number of rotatable bonds is 9. The van der Waals surface area contributed by atoms with Gasteiger partial charge in [0.2, 0.25) is 5.88 Å². The predicted octanol–water partition coefficient (Wildman–Crippen LogP) is 9.37. The van der Waals surface area contributed by atoms with E-state index >= 15 is 0 Å². The van der Waals surface area contributed by atoms with Crippen LogP contribution in [0.3, 0.4) is 0 Å². The van der Waals surface area contributed by atoms with Crippen LogP contribution in [-0.4, -0.2) is 28.5 Å². The molecule has 9 heteroatoms. The molecule has 0 bridgehead atoms. The Balaban J connectivity index is 1.72. The molecule has 0 saturated heterocycles. The summed E-state index contributed by atoms with van der Waals surface area (Å²) in [6.07, 6.45) is -2.79. The summed E-state index contributed by atoms with van der Waals surface area (Å²) in [6.45, 7) is 11.1. The second-order valence-electron chi connectivity index (χ2n) is 12.3. The molecule has 5 aromatic rings. The van der Waals surface area contributed by atoms with Crippen LogP contribution in [0.1, 0.15) is 68.5 Å². The molecule has 0 amide bonds. The monoisotopic (exact) mass is 630 g/mol. The number of carbonyl (C=O) groups excluding carboxylic acids is 1. The van der Waals surface area contributed by atoms with Crippen LogP contribution < -0.4 is 9.47 Å². The van der Waals surface area contributed by atoms with Crippen molar-refractivity contribution in [3.63, 3.8) is 0 Å². The summed E-state index contributed by atoms with van der Waals surface area (Å²) in [5.41, 5.74) is 4.43. The fourth-order valence-electron chi connectivity index (χ4n) is 5.77. The number of aromatic nitrogens is 2. The molecule has 0 fully saturated rings. The minimum atomic E-state index is -4.45. The predicted molar refractivity (Wildman–Crippen MR) is 173 cm³/mol. The highest BCUT2D eigenvalue weighted by Crippen LogP contribution is 2.44. The van der Waals surface area contributed by atoms with E-state index in [4.69, 9.17) is 24.2 Å². The number of aryl methyl sites for hydroxylation is 2. The summed E-state index contributed by atoms with van der Waals surface area (Å²) >= 11 is 0. The number of benzene rings is 3. The van der Waals surface area contributed by atoms with Gasteiger partial charge in [-0.15, -0.1) is 0 Å². The average molecular weight is 631 g/mol. The van der Waals surface area contributed by atoms with Crippen LogP contribution in [0.5, 0.6) is 11.6 Å². The molecule has 3 aromatic carbocycles. The first-order chi connectivity index (χ1) is 21.7. The highest BCUT2D eigenvalue weighted by molar-refractivity contribution is 6.08. The zero-order chi connectivity index (χ0) is 33.4. The van der Waals surface area contributed by atoms with E-state index in [1.165, 1.54) is 13.0 Å². The summed E-state index contributed by atoms with van der Waals surface area (Å²) in [5, 5.41) is 1.63. The summed E-state index contributed by atoms with van der Waals surface area (Å²) in [7, 11) is 1.63. The zero-order valence-corrected chi connectivity index (χ0v) is 27.0. The molecule has 0 aliphatic heterocycles. The Morgan fingerprint density at radius 2 is 1.76 bits per heavy atom. The first-order valence-corrected chi connectivity index (χ1v) is 15.1. The second-order valence-corrected chi connectivity index (χ2v) is 12.3. The lowest BCUT2D eigenvalue weighted by Gasteiger charge is -2.29. The first kappa shape index (κ1) is 32.9. The Labute approximate surface area is 266 Å². The van der Waals surface area contributed by atoms with Crippen molar-refractivity contribution in [2.24, 2.45) is 0 Å². The van der Waals surface area contributed by atoms with Crippen LogP contribution in [0.25, 0.3) is 32.9 Å². The smallest absolute Gasteiger partial charge is 0.416 e. The third kappa shape index (κ3) is 6.70. The number of alkyl halides is 3. The molecule has 0 N–H and O–H groups in total. The number of fused-ring (bicyclic) bond motifs is 2. The highest BCUT2D eigenvalue weighted by atomic mass is 19.4. The summed E-state index contributed by atoms with van der Waals surface area (Å²) in [6, 6.07) is 16.3. The van der Waals surface area contributed by atoms with Crippen LogP contribution in [0.4, 0.5) is 13.2 Å². The van der Waals surface area contributed by atoms with Gasteiger partial charge in [-0.05, 0) is 111 Å². The number of hydrogen-bond acceptors (Lipinski definition) is 6. The molecule has 240 valence electrons. The lowest BCUT2D eigenvalue weighted by atomic mass is 9.86. The first-order valence-electron chi connectivity index (χ1n) is 15.1. The molecule has 1 unspecified atom stereocenters. The third-order valence-electron chi connectivity index (χ3n) is 7.77. The molecular weight excluding hydrogens is 593 g/mol. The molecule has 46 heavy (non-hydrogen) atoms. The van der Waals surface area contributed by atoms with Crippen molar-refractivity contribution in [2.75, 3.05) is 7.11 Å². The molecule has 0 aliphatic rings. The fraction of sp³-hybridized carbons (Fsp3) is 0.324. The van der Waals surface area contributed by atoms with Gasteiger partial charge in [-0.1, -0.05) is 19.1 Å². The van der Waals surface area contributed by atoms with E-state index in [1.54, 1.807) is 25.4 Å². The van der Waals surface area contributed by atoms with Gasteiger partial charge in [-0.25, -0.2) is 4.98 Å². The molecule has 5 rings (SSSR count). The van der Waals surface area contributed by atoms with Crippen molar-refractivity contribution in [2.45, 2.75) is 72.5 Å². The number of methoxy groups -OCH3 is 1. The maximum Gasteiger partial charge on any atom is 0.416 e. The van der Waals surface area contributed by atoms with Crippen molar-refractivity contribution in [1.82, 2.24) is 9.97 Å². The number of hydrogen-bond donors (Lipinski definition) is 0. The lowest BCUT2D eigenvalue weighted by Crippen LogP contribution is -2.27. The van der Waals surface area contributed by atoms with Crippen LogP contribution in [0.15, 0.2) is 66.9 Å². The SMILES string of the molecule is CCc1ccnc2c(-c3c(C(OC(C)(C)C)C(C)=O)c(C)cc4nc(OCc5cccc(C(F)(F)F)c5)ccc34)ccc(OC)c12. The molecule has 2 heterocycles. The molecule has 1 atom stereocenters. The Kier molecular flexibility index (Phi) is 9.09. The number of ether oxygens (including phenoxy) is 3. The third-order valence-corrected chi connectivity index (χ3v) is 7.77. The Morgan fingerprint density at radius 3 is 2.41 bits per heavy atom. The summed E-state index contributed by atoms with van der Waals surface area (Å²) in [5.74, 6) is 0.801. The van der Waals surface area contributed by atoms with Crippen LogP contribution in [-0.2, 0) is 28.7 Å². The number of halogens is 3. The maximum absolute atomic E-state index is 13.3. The van der Waals surface area contributed by atoms with Crippen molar-refractivity contribution >= 4 is 27.6 Å². The van der Waals surface area contributed by atoms with Gasteiger partial charge in [0.1, 0.15) is 18.5 Å². The molecule has 0 spiro atoms. The van der Waals surface area contributed by atoms with Crippen molar-refractivity contribution < 1.29 is 32.2 Å². The molecule has 6 nitrogen and oxygen atoms in total. The van der Waals surface area contributed by atoms with E-state index in [0.29, 0.717) is 22.4 Å². The van der Waals surface area contributed by atoms with Gasteiger partial charge >= 0.3 is 6.18 Å². The zero-order valence-electron chi connectivity index (χ0n) is 27.0. The minimum absolute atomic E-state index is 0.0922. The van der Waals surface area contributed by atoms with Gasteiger partial charge in [-0.3, -0.25) is 9.78 Å². The van der Waals surface area contributed by atoms with Crippen LogP contribution in [0, 0.1) is 6.92 Å². The highest BCUT2D eigenvalue weighted by Gasteiger charge is 2.32. The standard InChI is InChI=1S/C37H37F3N2O4/c1-8-24-16-17-41-34-27(12-14-29(44-7)32(24)34)33-26-13-15-30(45-20-23-10-9-11-25(19-23)37(38,39)40)42-28(26)18-21(2)31(33)35(22(3)43)46-36(4,5)6/h9-19,35H,8,20H2,1-7H3. The summed E-state index contributed by atoms with van der Waals surface area (Å²) in [4.78, 5) is 22.8. The molecular formula is C37H37F3N2O4. The second kappa shape index (κ2) is 12.7. The van der Waals surface area contributed by atoms with E-state index in [-0.39, 0.29) is 18.3 Å². The van der Waals surface area contributed by atoms with Crippen molar-refractivity contribution in [3.8, 4) is 22.8 Å². The molecule has 0 radical (unpaired) electrons. The largest absolute Gasteiger partial charge is 0.496 e. The number of pyridine rings is 2. The number of carbonyl (C=O) groups is 1. The average Bonchev–Trinajstić information content (AvgIpc) is 3.00. The number of nitrogens with zero attached hydrogens (tertiary/aromatic N) is 2. The van der Waals surface area contributed by atoms with Gasteiger partial charge in [-0.2, -0.15) is 13.2 Å². The molecule has 0 saturated carbocycles. The minimum Gasteiger partial charge on any atom is -0.496 e. The maximum atomic E-state index is 13.3. The normalized spacial score (nSPS) is 12.8. The van der Waals surface area contributed by atoms with Crippen molar-refractivity contribution in [1.29, 1.82) is 0 Å². The lowest BCUT2D eigenvalue weighted by molar-refractivity contribution is -0.139. The van der Waals surface area contributed by atoms with Gasteiger partial charge in [0, 0.05) is 28.6 Å². The molecule has 2 aromatic heterocycles. The van der Waals surface area contributed by atoms with Gasteiger partial charge < -0.3 is 14.2 Å². The Hall–Kier alpha value is -4.50. The fourth-order valence-corrected chi connectivity index (χ4v) is 5.77. The van der Waals surface area contributed by atoms with Crippen molar-refractivity contribution in [3.05, 3.63) is 94.7 Å². The van der Waals surface area contributed by atoms with Crippen LogP contribution >= 0.6 is 0 Å². The van der Waals surface area contributed by atoms with Gasteiger partial charge in [0.15, 0.2) is 5.78 Å². The Bertz CT molecular complexity index is 1920. The van der Waals surface area contributed by atoms with Gasteiger partial charge in [0.05, 0.1) is 29.3 Å². The topological polar surface area (TPSA) is 70.5 Å². The van der Waals surface area contributed by atoms with Crippen LogP contribution in [0.2, 0.25) is 0 Å². The number of ketones is 1. The quantitative estimate of drug-likeness (QED) is 0.162. The van der Waals surface area contributed by atoms with E-state index < -0.39 is 23.4 Å². The van der Waals surface area contributed by atoms with Gasteiger partial charge in [0.25, 0.3) is 0 Å². The van der Waals surface area contributed by atoms with E-state index in [0.717, 1.165) is 57.1 Å². The Morgan fingerprint density at radius 1 is 1.00 bits per heavy atom. The van der Waals surface area contributed by atoms with E-state index in [9.17, 15) is 18.0 Å².